The van der Waals surface area contributed by atoms with Gasteiger partial charge in [-0.05, 0) is 79.4 Å². The lowest BCUT2D eigenvalue weighted by atomic mass is 9.96. The highest BCUT2D eigenvalue weighted by molar-refractivity contribution is 5.83. The predicted molar refractivity (Wildman–Crippen MR) is 145 cm³/mol. The van der Waals surface area contributed by atoms with E-state index in [0.717, 1.165) is 44.7 Å². The van der Waals surface area contributed by atoms with Crippen LogP contribution in [0.4, 0.5) is 5.69 Å². The Hall–Kier alpha value is -3.57. The highest BCUT2D eigenvalue weighted by Gasteiger charge is 2.07. The third kappa shape index (κ3) is 6.52. The fraction of sp³-hybridized carbons (Fsp3) is 0.300. The molecular formula is C30H35N3O2. The van der Waals surface area contributed by atoms with Crippen molar-refractivity contribution in [1.82, 2.24) is 9.88 Å². The zero-order valence-corrected chi connectivity index (χ0v) is 20.7. The van der Waals surface area contributed by atoms with E-state index >= 15 is 0 Å². The Morgan fingerprint density at radius 3 is 2.60 bits per heavy atom. The summed E-state index contributed by atoms with van der Waals surface area (Å²) in [6.07, 6.45) is 4.49. The van der Waals surface area contributed by atoms with Crippen LogP contribution in [0.3, 0.4) is 0 Å². The van der Waals surface area contributed by atoms with Crippen LogP contribution in [-0.4, -0.2) is 30.7 Å². The van der Waals surface area contributed by atoms with Crippen LogP contribution in [0, 0.1) is 6.92 Å². The normalized spacial score (nSPS) is 11.0. The van der Waals surface area contributed by atoms with Crippen LogP contribution >= 0.6 is 0 Å². The number of aryl methyl sites for hydroxylation is 1. The first kappa shape index (κ1) is 24.6. The summed E-state index contributed by atoms with van der Waals surface area (Å²) in [5, 5.41) is 8.26. The largest absolute Gasteiger partial charge is 0.469 e. The first-order chi connectivity index (χ1) is 17.2. The van der Waals surface area contributed by atoms with E-state index in [1.54, 1.807) is 0 Å². The van der Waals surface area contributed by atoms with E-state index in [-0.39, 0.29) is 5.97 Å². The van der Waals surface area contributed by atoms with E-state index in [1.807, 2.05) is 0 Å². The van der Waals surface area contributed by atoms with Crippen molar-refractivity contribution in [2.45, 2.75) is 39.3 Å². The maximum Gasteiger partial charge on any atom is 0.305 e. The van der Waals surface area contributed by atoms with Crippen LogP contribution in [0.5, 0.6) is 0 Å². The number of ether oxygens (including phenoxy) is 1. The molecule has 0 radical (unpaired) electrons. The van der Waals surface area contributed by atoms with Gasteiger partial charge in [0.2, 0.25) is 0 Å². The van der Waals surface area contributed by atoms with Gasteiger partial charge in [0.15, 0.2) is 0 Å². The smallest absolute Gasteiger partial charge is 0.305 e. The summed E-state index contributed by atoms with van der Waals surface area (Å²) in [6, 6.07) is 25.9. The van der Waals surface area contributed by atoms with Gasteiger partial charge in [-0.15, -0.1) is 0 Å². The number of carbonyl (C=O) groups is 1. The van der Waals surface area contributed by atoms with Crippen molar-refractivity contribution in [2.75, 3.05) is 25.5 Å². The third-order valence-electron chi connectivity index (χ3n) is 6.50. The van der Waals surface area contributed by atoms with Gasteiger partial charge in [-0.1, -0.05) is 48.5 Å². The van der Waals surface area contributed by atoms with E-state index in [4.69, 9.17) is 0 Å². The Labute approximate surface area is 208 Å². The standard InChI is InChI=1S/C30H35N3O2/c1-23-26(11-6-12-28(23)24-9-4-3-5-10-24)22-32-27-14-15-29-25(21-27)16-20-33(29)19-8-18-31-17-7-13-30(34)35-2/h3-6,9-12,14-16,20-21,31-32H,7-8,13,17-19,22H2,1-2H3. The van der Waals surface area contributed by atoms with Crippen molar-refractivity contribution in [2.24, 2.45) is 0 Å². The fourth-order valence-corrected chi connectivity index (χ4v) is 4.47. The molecule has 182 valence electrons. The zero-order valence-electron chi connectivity index (χ0n) is 20.7. The molecule has 0 bridgehead atoms. The number of hydrogen-bond donors (Lipinski definition) is 2. The lowest BCUT2D eigenvalue weighted by molar-refractivity contribution is -0.140. The number of aromatic nitrogens is 1. The molecule has 0 atom stereocenters. The summed E-state index contributed by atoms with van der Waals surface area (Å²) < 4.78 is 6.97. The zero-order chi connectivity index (χ0) is 24.5. The Morgan fingerprint density at radius 1 is 0.943 bits per heavy atom. The molecule has 1 heterocycles. The number of carbonyl (C=O) groups excluding carboxylic acids is 1. The molecule has 0 aliphatic heterocycles. The Bertz CT molecular complexity index is 1250. The Morgan fingerprint density at radius 2 is 1.77 bits per heavy atom. The van der Waals surface area contributed by atoms with Crippen molar-refractivity contribution >= 4 is 22.6 Å². The second kappa shape index (κ2) is 12.2. The fourth-order valence-electron chi connectivity index (χ4n) is 4.47. The Kier molecular flexibility index (Phi) is 8.58. The average Bonchev–Trinajstić information content (AvgIpc) is 3.30. The van der Waals surface area contributed by atoms with Crippen molar-refractivity contribution in [3.63, 3.8) is 0 Å². The number of hydrogen-bond acceptors (Lipinski definition) is 4. The summed E-state index contributed by atoms with van der Waals surface area (Å²) in [5.41, 5.74) is 7.55. The average molecular weight is 470 g/mol. The second-order valence-corrected chi connectivity index (χ2v) is 8.88. The molecule has 3 aromatic carbocycles. The van der Waals surface area contributed by atoms with E-state index in [1.165, 1.54) is 40.3 Å². The second-order valence-electron chi connectivity index (χ2n) is 8.88. The molecule has 0 aliphatic carbocycles. The summed E-state index contributed by atoms with van der Waals surface area (Å²) in [5.74, 6) is -0.143. The monoisotopic (exact) mass is 469 g/mol. The van der Waals surface area contributed by atoms with Gasteiger partial charge in [-0.2, -0.15) is 0 Å². The van der Waals surface area contributed by atoms with E-state index in [2.05, 4.69) is 106 Å². The van der Waals surface area contributed by atoms with Crippen LogP contribution in [-0.2, 0) is 22.6 Å². The molecule has 1 aromatic heterocycles. The predicted octanol–water partition coefficient (Wildman–Crippen LogP) is 6.16. The highest BCUT2D eigenvalue weighted by Crippen LogP contribution is 2.27. The van der Waals surface area contributed by atoms with Gasteiger partial charge in [-0.25, -0.2) is 0 Å². The molecule has 4 aromatic rings. The third-order valence-corrected chi connectivity index (χ3v) is 6.50. The van der Waals surface area contributed by atoms with Gasteiger partial charge in [0.25, 0.3) is 0 Å². The van der Waals surface area contributed by atoms with Gasteiger partial charge < -0.3 is 19.9 Å². The first-order valence-electron chi connectivity index (χ1n) is 12.4. The van der Waals surface area contributed by atoms with Crippen molar-refractivity contribution < 1.29 is 9.53 Å². The van der Waals surface area contributed by atoms with Gasteiger partial charge in [0.1, 0.15) is 0 Å². The van der Waals surface area contributed by atoms with Crippen LogP contribution in [0.25, 0.3) is 22.0 Å². The number of rotatable bonds is 12. The van der Waals surface area contributed by atoms with Crippen molar-refractivity contribution in [3.05, 3.63) is 90.1 Å². The van der Waals surface area contributed by atoms with Crippen molar-refractivity contribution in [1.29, 1.82) is 0 Å². The molecule has 0 saturated carbocycles. The maximum absolute atomic E-state index is 11.1. The molecule has 0 unspecified atom stereocenters. The summed E-state index contributed by atoms with van der Waals surface area (Å²) in [6.45, 7) is 5.73. The summed E-state index contributed by atoms with van der Waals surface area (Å²) >= 11 is 0. The molecule has 0 fully saturated rings. The summed E-state index contributed by atoms with van der Waals surface area (Å²) in [4.78, 5) is 11.1. The molecule has 2 N–H and O–H groups in total. The number of benzene rings is 3. The number of fused-ring (bicyclic) bond motifs is 1. The molecule has 0 spiro atoms. The first-order valence-corrected chi connectivity index (χ1v) is 12.4. The minimum Gasteiger partial charge on any atom is -0.469 e. The van der Waals surface area contributed by atoms with E-state index in [0.29, 0.717) is 6.42 Å². The van der Waals surface area contributed by atoms with Gasteiger partial charge >= 0.3 is 5.97 Å². The minimum absolute atomic E-state index is 0.143. The number of nitrogens with zero attached hydrogens (tertiary/aromatic N) is 1. The lowest BCUT2D eigenvalue weighted by Crippen LogP contribution is -2.19. The Balaban J connectivity index is 1.30. The van der Waals surface area contributed by atoms with Crippen LogP contribution in [0.2, 0.25) is 0 Å². The number of anilines is 1. The van der Waals surface area contributed by atoms with Crippen LogP contribution in [0.1, 0.15) is 30.4 Å². The lowest BCUT2D eigenvalue weighted by Gasteiger charge is -2.13. The molecule has 5 nitrogen and oxygen atoms in total. The summed E-state index contributed by atoms with van der Waals surface area (Å²) in [7, 11) is 1.43. The molecular weight excluding hydrogens is 434 g/mol. The highest BCUT2D eigenvalue weighted by atomic mass is 16.5. The quantitative estimate of drug-likeness (QED) is 0.193. The van der Waals surface area contributed by atoms with Crippen LogP contribution in [0.15, 0.2) is 79.0 Å². The van der Waals surface area contributed by atoms with Crippen molar-refractivity contribution in [3.8, 4) is 11.1 Å². The van der Waals surface area contributed by atoms with Gasteiger partial charge in [-0.3, -0.25) is 4.79 Å². The number of methoxy groups -OCH3 is 1. The number of nitrogens with one attached hydrogen (secondary N) is 2. The molecule has 4 rings (SSSR count). The maximum atomic E-state index is 11.1. The van der Waals surface area contributed by atoms with E-state index in [9.17, 15) is 4.79 Å². The number of esters is 1. The minimum atomic E-state index is -0.143. The van der Waals surface area contributed by atoms with Gasteiger partial charge in [0, 0.05) is 42.3 Å². The molecule has 0 saturated heterocycles. The molecule has 0 amide bonds. The van der Waals surface area contributed by atoms with E-state index < -0.39 is 0 Å². The molecule has 35 heavy (non-hydrogen) atoms. The van der Waals surface area contributed by atoms with Gasteiger partial charge in [0.05, 0.1) is 7.11 Å². The topological polar surface area (TPSA) is 55.3 Å². The SMILES string of the molecule is COC(=O)CCCNCCCn1ccc2cc(NCc3cccc(-c4ccccc4)c3C)ccc21. The molecule has 0 aliphatic rings. The van der Waals surface area contributed by atoms with Crippen LogP contribution < -0.4 is 10.6 Å². The molecule has 5 heteroatoms.